The van der Waals surface area contributed by atoms with Gasteiger partial charge in [-0.25, -0.2) is 4.98 Å². The zero-order valence-corrected chi connectivity index (χ0v) is 11.8. The molecule has 4 heteroatoms. The normalized spacial score (nSPS) is 19.9. The van der Waals surface area contributed by atoms with Crippen molar-refractivity contribution in [2.75, 3.05) is 13.1 Å². The van der Waals surface area contributed by atoms with E-state index in [2.05, 4.69) is 34.5 Å². The van der Waals surface area contributed by atoms with Crippen molar-refractivity contribution in [2.24, 2.45) is 5.73 Å². The van der Waals surface area contributed by atoms with Crippen molar-refractivity contribution in [3.63, 3.8) is 0 Å². The monoisotopic (exact) mass is 273 g/mol. The minimum Gasteiger partial charge on any atom is -0.329 e. The van der Waals surface area contributed by atoms with Gasteiger partial charge in [0.05, 0.1) is 5.69 Å². The quantitative estimate of drug-likeness (QED) is 0.931. The van der Waals surface area contributed by atoms with Crippen LogP contribution in [0.5, 0.6) is 0 Å². The van der Waals surface area contributed by atoms with Crippen molar-refractivity contribution in [3.8, 4) is 10.6 Å². The predicted molar refractivity (Wildman–Crippen MR) is 80.0 cm³/mol. The molecule has 2 aromatic rings. The fourth-order valence-corrected chi connectivity index (χ4v) is 3.49. The minimum absolute atomic E-state index is 0.543. The number of nitrogens with zero attached hydrogens (tertiary/aromatic N) is 2. The molecule has 100 valence electrons. The molecule has 3 nitrogen and oxygen atoms in total. The second kappa shape index (κ2) is 5.82. The van der Waals surface area contributed by atoms with Crippen LogP contribution in [0.2, 0.25) is 0 Å². The van der Waals surface area contributed by atoms with Gasteiger partial charge in [0.1, 0.15) is 5.01 Å². The molecule has 0 spiro atoms. The second-order valence-electron chi connectivity index (χ2n) is 5.01. The third-order valence-electron chi connectivity index (χ3n) is 3.71. The summed E-state index contributed by atoms with van der Waals surface area (Å²) in [5.74, 6) is 0. The van der Waals surface area contributed by atoms with E-state index < -0.39 is 0 Å². The van der Waals surface area contributed by atoms with E-state index in [9.17, 15) is 0 Å². The Morgan fingerprint density at radius 2 is 2.16 bits per heavy atom. The first-order valence-corrected chi connectivity index (χ1v) is 7.69. The zero-order valence-electron chi connectivity index (χ0n) is 11.0. The molecule has 1 aliphatic rings. The predicted octanol–water partition coefficient (Wildman–Crippen LogP) is 2.73. The third-order valence-corrected chi connectivity index (χ3v) is 4.65. The van der Waals surface area contributed by atoms with Gasteiger partial charge >= 0.3 is 0 Å². The second-order valence-corrected chi connectivity index (χ2v) is 5.87. The van der Waals surface area contributed by atoms with Crippen molar-refractivity contribution in [1.82, 2.24) is 9.88 Å². The van der Waals surface area contributed by atoms with Gasteiger partial charge in [-0.05, 0) is 19.4 Å². The Hall–Kier alpha value is -1.23. The summed E-state index contributed by atoms with van der Waals surface area (Å²) in [4.78, 5) is 7.21. The number of aromatic nitrogens is 1. The first-order chi connectivity index (χ1) is 9.36. The Labute approximate surface area is 118 Å². The molecule has 1 aromatic carbocycles. The maximum absolute atomic E-state index is 5.81. The summed E-state index contributed by atoms with van der Waals surface area (Å²) in [7, 11) is 0. The van der Waals surface area contributed by atoms with Crippen LogP contribution in [0, 0.1) is 0 Å². The fourth-order valence-electron chi connectivity index (χ4n) is 2.67. The highest BCUT2D eigenvalue weighted by Gasteiger charge is 2.23. The van der Waals surface area contributed by atoms with E-state index in [1.807, 2.05) is 6.07 Å². The number of nitrogens with two attached hydrogens (primary N) is 1. The topological polar surface area (TPSA) is 42.1 Å². The molecule has 1 atom stereocenters. The zero-order chi connectivity index (χ0) is 13.1. The molecule has 0 radical (unpaired) electrons. The average Bonchev–Trinajstić information content (AvgIpc) is 3.09. The molecule has 0 aliphatic carbocycles. The summed E-state index contributed by atoms with van der Waals surface area (Å²) in [6.07, 6.45) is 2.49. The van der Waals surface area contributed by atoms with E-state index in [1.54, 1.807) is 11.3 Å². The van der Waals surface area contributed by atoms with E-state index >= 15 is 0 Å². The Bertz CT molecular complexity index is 523. The molecular weight excluding hydrogens is 254 g/mol. The van der Waals surface area contributed by atoms with Crippen LogP contribution < -0.4 is 5.73 Å². The van der Waals surface area contributed by atoms with Crippen molar-refractivity contribution in [2.45, 2.75) is 25.4 Å². The number of hydrogen-bond donors (Lipinski definition) is 1. The lowest BCUT2D eigenvalue weighted by molar-refractivity contribution is 0.248. The van der Waals surface area contributed by atoms with E-state index in [0.717, 1.165) is 24.6 Å². The van der Waals surface area contributed by atoms with Crippen LogP contribution in [-0.2, 0) is 6.54 Å². The summed E-state index contributed by atoms with van der Waals surface area (Å²) in [6.45, 7) is 2.85. The van der Waals surface area contributed by atoms with E-state index in [-0.39, 0.29) is 0 Å². The van der Waals surface area contributed by atoms with Crippen LogP contribution in [0.4, 0.5) is 0 Å². The number of likely N-dealkylation sites (tertiary alicyclic amines) is 1. The molecule has 3 rings (SSSR count). The third kappa shape index (κ3) is 2.86. The van der Waals surface area contributed by atoms with Gasteiger partial charge in [0.15, 0.2) is 0 Å². The van der Waals surface area contributed by atoms with Crippen molar-refractivity contribution in [1.29, 1.82) is 0 Å². The number of thiazole rings is 1. The summed E-state index contributed by atoms with van der Waals surface area (Å²) < 4.78 is 0. The van der Waals surface area contributed by atoms with Crippen molar-refractivity contribution in [3.05, 3.63) is 41.4 Å². The molecule has 1 saturated heterocycles. The number of rotatable bonds is 4. The SMILES string of the molecule is NCC1CCCN1Cc1csc(-c2ccccc2)n1. The molecule has 1 aromatic heterocycles. The molecule has 1 aliphatic heterocycles. The van der Waals surface area contributed by atoms with E-state index in [0.29, 0.717) is 6.04 Å². The minimum atomic E-state index is 0.543. The van der Waals surface area contributed by atoms with Gasteiger partial charge in [-0.3, -0.25) is 4.90 Å². The lowest BCUT2D eigenvalue weighted by Crippen LogP contribution is -2.34. The van der Waals surface area contributed by atoms with E-state index in [4.69, 9.17) is 10.7 Å². The van der Waals surface area contributed by atoms with Gasteiger partial charge < -0.3 is 5.73 Å². The van der Waals surface area contributed by atoms with Gasteiger partial charge in [-0.2, -0.15) is 0 Å². The highest BCUT2D eigenvalue weighted by molar-refractivity contribution is 7.13. The van der Waals surface area contributed by atoms with Crippen molar-refractivity contribution < 1.29 is 0 Å². The smallest absolute Gasteiger partial charge is 0.123 e. The summed E-state index contributed by atoms with van der Waals surface area (Å²) >= 11 is 1.73. The van der Waals surface area contributed by atoms with E-state index in [1.165, 1.54) is 24.1 Å². The Morgan fingerprint density at radius 3 is 2.95 bits per heavy atom. The Balaban J connectivity index is 1.72. The lowest BCUT2D eigenvalue weighted by atomic mass is 10.2. The molecule has 1 unspecified atom stereocenters. The van der Waals surface area contributed by atoms with Gasteiger partial charge in [0, 0.05) is 30.1 Å². The van der Waals surface area contributed by atoms with Crippen LogP contribution in [-0.4, -0.2) is 29.0 Å². The molecule has 0 amide bonds. The molecule has 19 heavy (non-hydrogen) atoms. The highest BCUT2D eigenvalue weighted by Crippen LogP contribution is 2.25. The summed E-state index contributed by atoms with van der Waals surface area (Å²) in [5, 5.41) is 3.29. The molecule has 0 saturated carbocycles. The number of benzene rings is 1. The van der Waals surface area contributed by atoms with Crippen LogP contribution in [0.25, 0.3) is 10.6 Å². The van der Waals surface area contributed by atoms with Crippen molar-refractivity contribution >= 4 is 11.3 Å². The van der Waals surface area contributed by atoms with Crippen LogP contribution in [0.3, 0.4) is 0 Å². The molecular formula is C15H19N3S. The molecule has 0 bridgehead atoms. The highest BCUT2D eigenvalue weighted by atomic mass is 32.1. The molecule has 2 heterocycles. The van der Waals surface area contributed by atoms with Crippen LogP contribution in [0.15, 0.2) is 35.7 Å². The maximum atomic E-state index is 5.81. The first kappa shape index (κ1) is 12.8. The first-order valence-electron chi connectivity index (χ1n) is 6.81. The average molecular weight is 273 g/mol. The number of hydrogen-bond acceptors (Lipinski definition) is 4. The van der Waals surface area contributed by atoms with Gasteiger partial charge in [0.2, 0.25) is 0 Å². The molecule has 1 fully saturated rings. The summed E-state index contributed by atoms with van der Waals surface area (Å²) in [6, 6.07) is 10.9. The summed E-state index contributed by atoms with van der Waals surface area (Å²) in [5.41, 5.74) is 8.19. The lowest BCUT2D eigenvalue weighted by Gasteiger charge is -2.21. The largest absolute Gasteiger partial charge is 0.329 e. The Morgan fingerprint density at radius 1 is 1.32 bits per heavy atom. The Kier molecular flexibility index (Phi) is 3.92. The standard InChI is InChI=1S/C15H19N3S/c16-9-14-7-4-8-18(14)10-13-11-19-15(17-13)12-5-2-1-3-6-12/h1-3,5-6,11,14H,4,7-10,16H2. The van der Waals surface area contributed by atoms with Crippen LogP contribution >= 0.6 is 11.3 Å². The van der Waals surface area contributed by atoms with Gasteiger partial charge in [-0.1, -0.05) is 30.3 Å². The maximum Gasteiger partial charge on any atom is 0.123 e. The molecule has 2 N–H and O–H groups in total. The van der Waals surface area contributed by atoms with Gasteiger partial charge in [0.25, 0.3) is 0 Å². The van der Waals surface area contributed by atoms with Gasteiger partial charge in [-0.15, -0.1) is 11.3 Å². The van der Waals surface area contributed by atoms with Crippen LogP contribution in [0.1, 0.15) is 18.5 Å². The fraction of sp³-hybridized carbons (Fsp3) is 0.400.